The fourth-order valence-corrected chi connectivity index (χ4v) is 4.86. The van der Waals surface area contributed by atoms with Gasteiger partial charge in [-0.15, -0.1) is 0 Å². The molecule has 192 valence electrons. The molecule has 0 radical (unpaired) electrons. The van der Waals surface area contributed by atoms with Crippen molar-refractivity contribution in [1.29, 1.82) is 0 Å². The Labute approximate surface area is 213 Å². The summed E-state index contributed by atoms with van der Waals surface area (Å²) in [6.07, 6.45) is 6.51. The number of carbonyl (C=O) groups excluding carboxylic acids is 2. The van der Waals surface area contributed by atoms with Crippen LogP contribution in [0.2, 0.25) is 5.02 Å². The van der Waals surface area contributed by atoms with Crippen LogP contribution in [0.1, 0.15) is 31.2 Å². The molecule has 1 aromatic heterocycles. The van der Waals surface area contributed by atoms with Crippen LogP contribution in [-0.2, 0) is 11.3 Å². The number of fused-ring (bicyclic) bond motifs is 1. The summed E-state index contributed by atoms with van der Waals surface area (Å²) in [7, 11) is 4.25. The van der Waals surface area contributed by atoms with Gasteiger partial charge in [0, 0.05) is 37.0 Å². The van der Waals surface area contributed by atoms with Crippen molar-refractivity contribution in [2.45, 2.75) is 44.3 Å². The van der Waals surface area contributed by atoms with Gasteiger partial charge >= 0.3 is 6.03 Å². The van der Waals surface area contributed by atoms with Crippen molar-refractivity contribution in [1.82, 2.24) is 15.3 Å². The first-order valence-corrected chi connectivity index (χ1v) is 11.9. The number of carbonyl (C=O) groups is 2. The Morgan fingerprint density at radius 2 is 1.94 bits per heavy atom. The summed E-state index contributed by atoms with van der Waals surface area (Å²) in [5, 5.41) is 6.20. The third-order valence-electron chi connectivity index (χ3n) is 6.42. The molecule has 1 saturated carbocycles. The van der Waals surface area contributed by atoms with Crippen molar-refractivity contribution < 1.29 is 23.5 Å². The number of amides is 3. The fraction of sp³-hybridized carbons (Fsp3) is 0.417. The molecular formula is C24H28ClFN6O4. The number of methoxy groups -OCH3 is 2. The van der Waals surface area contributed by atoms with Gasteiger partial charge in [0.25, 0.3) is 0 Å². The molecule has 2 N–H and O–H groups in total. The number of hydrogen-bond acceptors (Lipinski definition) is 7. The molecular weight excluding hydrogens is 491 g/mol. The molecule has 1 aromatic carbocycles. The molecule has 2 atom stereocenters. The minimum Gasteiger partial charge on any atom is -0.495 e. The SMILES string of the molecule is C=CC(=O)N[C@H]1CCCCC1Nc1ncc2c(n1)N(C)C(=O)N(c1c(F)c(OC)cc(OC)c1Cl)C2. The summed E-state index contributed by atoms with van der Waals surface area (Å²) < 4.78 is 25.6. The van der Waals surface area contributed by atoms with Gasteiger partial charge in [-0.3, -0.25) is 14.6 Å². The van der Waals surface area contributed by atoms with Crippen molar-refractivity contribution in [3.8, 4) is 11.5 Å². The Kier molecular flexibility index (Phi) is 7.48. The number of nitrogens with zero attached hydrogens (tertiary/aromatic N) is 4. The predicted octanol–water partition coefficient (Wildman–Crippen LogP) is 3.89. The lowest BCUT2D eigenvalue weighted by atomic mass is 9.90. The van der Waals surface area contributed by atoms with E-state index in [1.165, 1.54) is 36.2 Å². The van der Waals surface area contributed by atoms with Gasteiger partial charge in [0.2, 0.25) is 11.9 Å². The first-order valence-electron chi connectivity index (χ1n) is 11.5. The quantitative estimate of drug-likeness (QED) is 0.535. The Morgan fingerprint density at radius 1 is 1.25 bits per heavy atom. The van der Waals surface area contributed by atoms with E-state index in [2.05, 4.69) is 27.2 Å². The van der Waals surface area contributed by atoms with Gasteiger partial charge < -0.3 is 20.1 Å². The Hall–Kier alpha value is -3.60. The van der Waals surface area contributed by atoms with E-state index in [1.54, 1.807) is 13.2 Å². The summed E-state index contributed by atoms with van der Waals surface area (Å²) in [5.41, 5.74) is 0.445. The van der Waals surface area contributed by atoms with Crippen LogP contribution in [0.25, 0.3) is 0 Å². The van der Waals surface area contributed by atoms with Crippen molar-refractivity contribution in [3.63, 3.8) is 0 Å². The van der Waals surface area contributed by atoms with E-state index >= 15 is 4.39 Å². The standard InChI is InChI=1S/C24H28ClFN6O4/c1-5-18(33)28-14-8-6-7-9-15(14)29-23-27-11-13-12-32(24(34)31(2)22(13)30-23)21-19(25)16(35-3)10-17(36-4)20(21)26/h5,10-11,14-15H,1,6-9,12H2,2-4H3,(H,28,33)(H,27,29,30)/t14-,15?/m0/s1. The summed E-state index contributed by atoms with van der Waals surface area (Å²) in [4.78, 5) is 36.6. The van der Waals surface area contributed by atoms with Crippen LogP contribution < -0.4 is 29.9 Å². The summed E-state index contributed by atoms with van der Waals surface area (Å²) in [5.74, 6) is -0.217. The topological polar surface area (TPSA) is 109 Å². The number of ether oxygens (including phenoxy) is 2. The molecule has 2 aliphatic rings. The van der Waals surface area contributed by atoms with E-state index in [0.29, 0.717) is 17.3 Å². The monoisotopic (exact) mass is 518 g/mol. The molecule has 1 aliphatic carbocycles. The highest BCUT2D eigenvalue weighted by Crippen LogP contribution is 2.44. The van der Waals surface area contributed by atoms with Gasteiger partial charge in [0.1, 0.15) is 22.3 Å². The highest BCUT2D eigenvalue weighted by Gasteiger charge is 2.36. The lowest BCUT2D eigenvalue weighted by molar-refractivity contribution is -0.117. The number of halogens is 2. The maximum absolute atomic E-state index is 15.2. The van der Waals surface area contributed by atoms with Gasteiger partial charge in [0.15, 0.2) is 11.6 Å². The molecule has 0 saturated heterocycles. The van der Waals surface area contributed by atoms with Gasteiger partial charge in [-0.1, -0.05) is 31.0 Å². The molecule has 0 spiro atoms. The third kappa shape index (κ3) is 4.75. The van der Waals surface area contributed by atoms with Crippen LogP contribution in [0.15, 0.2) is 24.9 Å². The minimum atomic E-state index is -0.780. The summed E-state index contributed by atoms with van der Waals surface area (Å²) >= 11 is 6.40. The third-order valence-corrected chi connectivity index (χ3v) is 6.78. The number of hydrogen-bond donors (Lipinski definition) is 2. The Balaban J connectivity index is 1.62. The average molecular weight is 519 g/mol. The summed E-state index contributed by atoms with van der Waals surface area (Å²) in [6.45, 7) is 3.51. The second kappa shape index (κ2) is 10.6. The van der Waals surface area contributed by atoms with Crippen LogP contribution in [0.4, 0.5) is 26.6 Å². The van der Waals surface area contributed by atoms with Crippen LogP contribution in [-0.4, -0.2) is 55.3 Å². The van der Waals surface area contributed by atoms with Crippen LogP contribution in [0, 0.1) is 5.82 Å². The number of anilines is 3. The van der Waals surface area contributed by atoms with Gasteiger partial charge in [-0.05, 0) is 18.9 Å². The van der Waals surface area contributed by atoms with E-state index < -0.39 is 11.8 Å². The molecule has 1 unspecified atom stereocenters. The number of aromatic nitrogens is 2. The lowest BCUT2D eigenvalue weighted by Gasteiger charge is -2.35. The number of benzene rings is 1. The highest BCUT2D eigenvalue weighted by molar-refractivity contribution is 6.35. The first-order chi connectivity index (χ1) is 17.3. The van der Waals surface area contributed by atoms with E-state index in [-0.39, 0.29) is 46.7 Å². The molecule has 10 nitrogen and oxygen atoms in total. The predicted molar refractivity (Wildman–Crippen MR) is 135 cm³/mol. The van der Waals surface area contributed by atoms with Crippen LogP contribution >= 0.6 is 11.6 Å². The van der Waals surface area contributed by atoms with Gasteiger partial charge in [-0.25, -0.2) is 14.2 Å². The maximum atomic E-state index is 15.2. The van der Waals surface area contributed by atoms with E-state index in [4.69, 9.17) is 21.1 Å². The van der Waals surface area contributed by atoms with Crippen molar-refractivity contribution in [2.24, 2.45) is 0 Å². The Bertz CT molecular complexity index is 1170. The van der Waals surface area contributed by atoms with E-state index in [1.807, 2.05) is 0 Å². The van der Waals surface area contributed by atoms with Crippen molar-refractivity contribution in [2.75, 3.05) is 36.4 Å². The second-order valence-corrected chi connectivity index (χ2v) is 8.96. The molecule has 36 heavy (non-hydrogen) atoms. The number of rotatable bonds is 7. The Morgan fingerprint density at radius 3 is 2.61 bits per heavy atom. The molecule has 4 rings (SSSR count). The normalized spacial score (nSPS) is 19.4. The van der Waals surface area contributed by atoms with E-state index in [9.17, 15) is 9.59 Å². The zero-order valence-corrected chi connectivity index (χ0v) is 21.1. The fourth-order valence-electron chi connectivity index (χ4n) is 4.55. The highest BCUT2D eigenvalue weighted by atomic mass is 35.5. The van der Waals surface area contributed by atoms with Crippen LogP contribution in [0.5, 0.6) is 11.5 Å². The molecule has 1 aliphatic heterocycles. The first kappa shape index (κ1) is 25.5. The van der Waals surface area contributed by atoms with Crippen molar-refractivity contribution in [3.05, 3.63) is 41.3 Å². The molecule has 12 heteroatoms. The second-order valence-electron chi connectivity index (χ2n) is 8.58. The van der Waals surface area contributed by atoms with Crippen molar-refractivity contribution >= 4 is 41.0 Å². The largest absolute Gasteiger partial charge is 0.495 e. The average Bonchev–Trinajstić information content (AvgIpc) is 2.88. The summed E-state index contributed by atoms with van der Waals surface area (Å²) in [6, 6.07) is 0.632. The minimum absolute atomic E-state index is 0.00675. The van der Waals surface area contributed by atoms with Crippen LogP contribution in [0.3, 0.4) is 0 Å². The molecule has 3 amide bonds. The zero-order chi connectivity index (χ0) is 26.0. The number of urea groups is 1. The molecule has 0 bridgehead atoms. The van der Waals surface area contributed by atoms with Gasteiger partial charge in [0.05, 0.1) is 20.8 Å². The zero-order valence-electron chi connectivity index (χ0n) is 20.3. The lowest BCUT2D eigenvalue weighted by Crippen LogP contribution is -2.48. The molecule has 2 heterocycles. The van der Waals surface area contributed by atoms with Gasteiger partial charge in [-0.2, -0.15) is 4.98 Å². The number of nitrogens with one attached hydrogen (secondary N) is 2. The smallest absolute Gasteiger partial charge is 0.330 e. The maximum Gasteiger partial charge on any atom is 0.330 e. The van der Waals surface area contributed by atoms with E-state index in [0.717, 1.165) is 25.7 Å². The molecule has 1 fully saturated rings. The molecule has 2 aromatic rings.